The minimum absolute atomic E-state index is 0. The van der Waals surface area contributed by atoms with E-state index >= 15 is 0 Å². The minimum atomic E-state index is 0. The summed E-state index contributed by atoms with van der Waals surface area (Å²) in [5, 5.41) is 4.66. The number of hydrogen-bond donors (Lipinski definition) is 1. The molecule has 0 bridgehead atoms. The third-order valence-corrected chi connectivity index (χ3v) is 6.10. The summed E-state index contributed by atoms with van der Waals surface area (Å²) in [6, 6.07) is 0.638. The van der Waals surface area contributed by atoms with Gasteiger partial charge in [-0.3, -0.25) is 9.89 Å². The zero-order valence-corrected chi connectivity index (χ0v) is 19.1. The summed E-state index contributed by atoms with van der Waals surface area (Å²) in [5.41, 5.74) is 0. The third kappa shape index (κ3) is 6.03. The van der Waals surface area contributed by atoms with Gasteiger partial charge in [0.2, 0.25) is 0 Å². The van der Waals surface area contributed by atoms with Gasteiger partial charge < -0.3 is 15.0 Å². The zero-order valence-electron chi connectivity index (χ0n) is 15.9. The molecular formula is C18H32IN5OS. The highest BCUT2D eigenvalue weighted by atomic mass is 127. The molecule has 3 heterocycles. The molecule has 2 saturated heterocycles. The van der Waals surface area contributed by atoms with Crippen LogP contribution in [-0.4, -0.2) is 79.3 Å². The number of likely N-dealkylation sites (tertiary alicyclic amines) is 1. The van der Waals surface area contributed by atoms with Gasteiger partial charge in [-0.25, -0.2) is 4.98 Å². The van der Waals surface area contributed by atoms with Gasteiger partial charge in [0, 0.05) is 62.8 Å². The molecule has 6 nitrogen and oxygen atoms in total. The van der Waals surface area contributed by atoms with Gasteiger partial charge in [-0.2, -0.15) is 0 Å². The van der Waals surface area contributed by atoms with Gasteiger partial charge in [0.1, 0.15) is 0 Å². The molecule has 1 atom stereocenters. The fourth-order valence-corrected chi connectivity index (χ4v) is 4.34. The molecular weight excluding hydrogens is 461 g/mol. The maximum Gasteiger partial charge on any atom is 0.193 e. The predicted molar refractivity (Wildman–Crippen MR) is 119 cm³/mol. The van der Waals surface area contributed by atoms with Crippen molar-refractivity contribution in [3.05, 3.63) is 16.1 Å². The number of aryl methyl sites for hydroxylation is 1. The van der Waals surface area contributed by atoms with Crippen LogP contribution in [0.1, 0.15) is 30.2 Å². The van der Waals surface area contributed by atoms with Crippen molar-refractivity contribution in [2.75, 3.05) is 52.5 Å². The van der Waals surface area contributed by atoms with E-state index in [4.69, 9.17) is 9.73 Å². The number of aromatic nitrogens is 1. The Morgan fingerprint density at radius 1 is 1.35 bits per heavy atom. The molecule has 0 aromatic carbocycles. The summed E-state index contributed by atoms with van der Waals surface area (Å²) in [7, 11) is 0. The van der Waals surface area contributed by atoms with Gasteiger partial charge in [0.05, 0.1) is 18.2 Å². The normalized spacial score (nSPS) is 21.7. The molecule has 0 saturated carbocycles. The molecule has 0 radical (unpaired) electrons. The van der Waals surface area contributed by atoms with Gasteiger partial charge in [0.15, 0.2) is 5.96 Å². The summed E-state index contributed by atoms with van der Waals surface area (Å²) in [6.07, 6.45) is 5.22. The monoisotopic (exact) mass is 493 g/mol. The first-order valence-corrected chi connectivity index (χ1v) is 10.4. The summed E-state index contributed by atoms with van der Waals surface area (Å²) in [6.45, 7) is 12.1. The zero-order chi connectivity index (χ0) is 17.5. The number of hydrogen-bond acceptors (Lipinski definition) is 5. The molecule has 148 valence electrons. The van der Waals surface area contributed by atoms with Crippen molar-refractivity contribution in [1.82, 2.24) is 20.1 Å². The number of nitrogens with zero attached hydrogens (tertiary/aromatic N) is 4. The molecule has 0 aliphatic carbocycles. The molecule has 0 amide bonds. The first-order chi connectivity index (χ1) is 12.3. The number of aliphatic imine (C=N–C) groups is 1. The average Bonchev–Trinajstić information content (AvgIpc) is 3.31. The second-order valence-corrected chi connectivity index (χ2v) is 7.80. The predicted octanol–water partition coefficient (Wildman–Crippen LogP) is 2.24. The summed E-state index contributed by atoms with van der Waals surface area (Å²) >= 11 is 1.82. The number of rotatable bonds is 6. The standard InChI is InChI=1S/C18H31N5OS.HI/c1-3-16-13-21-17(25-16)5-7-20-18(19-4-2)23-8-6-15(14-23)22-9-11-24-12-10-22;/h13,15H,3-12,14H2,1-2H3,(H,19,20);1H. The van der Waals surface area contributed by atoms with Crippen LogP contribution in [0.15, 0.2) is 11.2 Å². The Labute approximate surface area is 178 Å². The van der Waals surface area contributed by atoms with Gasteiger partial charge >= 0.3 is 0 Å². The highest BCUT2D eigenvalue weighted by Crippen LogP contribution is 2.17. The lowest BCUT2D eigenvalue weighted by Crippen LogP contribution is -2.46. The molecule has 1 unspecified atom stereocenters. The van der Waals surface area contributed by atoms with Crippen LogP contribution in [0.4, 0.5) is 0 Å². The lowest BCUT2D eigenvalue weighted by atomic mass is 10.2. The molecule has 1 aromatic rings. The van der Waals surface area contributed by atoms with E-state index in [2.05, 4.69) is 33.9 Å². The van der Waals surface area contributed by atoms with E-state index in [-0.39, 0.29) is 24.0 Å². The number of thiazole rings is 1. The second-order valence-electron chi connectivity index (χ2n) is 6.60. The van der Waals surface area contributed by atoms with Crippen LogP contribution in [0.25, 0.3) is 0 Å². The van der Waals surface area contributed by atoms with Crippen molar-refractivity contribution < 1.29 is 4.74 Å². The van der Waals surface area contributed by atoms with Crippen molar-refractivity contribution in [3.8, 4) is 0 Å². The Hall–Kier alpha value is -0.450. The smallest absolute Gasteiger partial charge is 0.193 e. The van der Waals surface area contributed by atoms with Crippen LogP contribution in [-0.2, 0) is 17.6 Å². The summed E-state index contributed by atoms with van der Waals surface area (Å²) in [4.78, 5) is 15.7. The Kier molecular flexibility index (Phi) is 9.58. The Morgan fingerprint density at radius 2 is 2.15 bits per heavy atom. The van der Waals surface area contributed by atoms with Crippen LogP contribution in [0.2, 0.25) is 0 Å². The molecule has 2 aliphatic rings. The quantitative estimate of drug-likeness (QED) is 0.375. The van der Waals surface area contributed by atoms with E-state index in [0.29, 0.717) is 6.04 Å². The molecule has 26 heavy (non-hydrogen) atoms. The van der Waals surface area contributed by atoms with Crippen LogP contribution in [0.5, 0.6) is 0 Å². The Bertz CT molecular complexity index is 562. The van der Waals surface area contributed by atoms with Gasteiger partial charge in [-0.15, -0.1) is 35.3 Å². The Balaban J connectivity index is 0.00000243. The molecule has 2 aliphatic heterocycles. The van der Waals surface area contributed by atoms with E-state index in [9.17, 15) is 0 Å². The van der Waals surface area contributed by atoms with Gasteiger partial charge in [-0.05, 0) is 19.8 Å². The average molecular weight is 493 g/mol. The van der Waals surface area contributed by atoms with Crippen LogP contribution < -0.4 is 5.32 Å². The molecule has 8 heteroatoms. The molecule has 3 rings (SSSR count). The van der Waals surface area contributed by atoms with Crippen LogP contribution in [0, 0.1) is 0 Å². The first-order valence-electron chi connectivity index (χ1n) is 9.58. The van der Waals surface area contributed by atoms with Crippen LogP contribution in [0.3, 0.4) is 0 Å². The third-order valence-electron chi connectivity index (χ3n) is 4.90. The maximum atomic E-state index is 5.48. The number of halogens is 1. The van der Waals surface area contributed by atoms with E-state index in [1.54, 1.807) is 0 Å². The summed E-state index contributed by atoms with van der Waals surface area (Å²) < 4.78 is 5.48. The van der Waals surface area contributed by atoms with Crippen molar-refractivity contribution in [1.29, 1.82) is 0 Å². The molecule has 2 fully saturated rings. The highest BCUT2D eigenvalue weighted by molar-refractivity contribution is 14.0. The number of nitrogens with one attached hydrogen (secondary N) is 1. The number of guanidine groups is 1. The van der Waals surface area contributed by atoms with E-state index in [0.717, 1.165) is 71.3 Å². The van der Waals surface area contributed by atoms with Crippen molar-refractivity contribution in [2.24, 2.45) is 4.99 Å². The fourth-order valence-electron chi connectivity index (χ4n) is 3.49. The molecule has 0 spiro atoms. The van der Waals surface area contributed by atoms with Gasteiger partial charge in [0.25, 0.3) is 0 Å². The van der Waals surface area contributed by atoms with Crippen molar-refractivity contribution >= 4 is 41.3 Å². The first kappa shape index (κ1) is 21.8. The Morgan fingerprint density at radius 3 is 2.85 bits per heavy atom. The van der Waals surface area contributed by atoms with Gasteiger partial charge in [-0.1, -0.05) is 6.92 Å². The highest BCUT2D eigenvalue weighted by Gasteiger charge is 2.30. The molecule has 1 N–H and O–H groups in total. The second kappa shape index (κ2) is 11.4. The van der Waals surface area contributed by atoms with E-state index in [1.807, 2.05) is 17.5 Å². The lowest BCUT2D eigenvalue weighted by Gasteiger charge is -2.32. The van der Waals surface area contributed by atoms with E-state index < -0.39 is 0 Å². The summed E-state index contributed by atoms with van der Waals surface area (Å²) in [5.74, 6) is 1.06. The topological polar surface area (TPSA) is 53.0 Å². The SMILES string of the molecule is CCNC(=NCCc1ncc(CC)s1)N1CCC(N2CCOCC2)C1.I. The van der Waals surface area contributed by atoms with Crippen molar-refractivity contribution in [3.63, 3.8) is 0 Å². The fraction of sp³-hybridized carbons (Fsp3) is 0.778. The van der Waals surface area contributed by atoms with Crippen molar-refractivity contribution in [2.45, 2.75) is 39.2 Å². The largest absolute Gasteiger partial charge is 0.379 e. The number of ether oxygens (including phenoxy) is 1. The number of morpholine rings is 1. The minimum Gasteiger partial charge on any atom is -0.379 e. The molecule has 1 aromatic heterocycles. The maximum absolute atomic E-state index is 5.48. The van der Waals surface area contributed by atoms with Crippen LogP contribution >= 0.6 is 35.3 Å². The lowest BCUT2D eigenvalue weighted by molar-refractivity contribution is 0.0195. The van der Waals surface area contributed by atoms with E-state index in [1.165, 1.54) is 16.3 Å².